The van der Waals surface area contributed by atoms with Crippen molar-refractivity contribution in [3.05, 3.63) is 65.7 Å². The first-order chi connectivity index (χ1) is 11.4. The first-order valence-corrected chi connectivity index (χ1v) is 7.22. The molecule has 2 aromatic carbocycles. The van der Waals surface area contributed by atoms with Crippen molar-refractivity contribution in [1.82, 2.24) is 5.32 Å². The largest absolute Gasteiger partial charge is 0.508 e. The Bertz CT molecular complexity index is 752. The number of hydrogen-bond acceptors (Lipinski definition) is 4. The molecular formula is C18H17NO5. The van der Waals surface area contributed by atoms with Crippen LogP contribution in [0, 0.1) is 0 Å². The van der Waals surface area contributed by atoms with Crippen LogP contribution < -0.4 is 5.32 Å². The third-order valence-corrected chi connectivity index (χ3v) is 3.29. The smallest absolute Gasteiger partial charge is 0.326 e. The van der Waals surface area contributed by atoms with E-state index in [1.165, 1.54) is 36.4 Å². The molecule has 0 saturated heterocycles. The van der Waals surface area contributed by atoms with E-state index < -0.39 is 17.9 Å². The second kappa shape index (κ2) is 7.82. The fourth-order valence-corrected chi connectivity index (χ4v) is 2.09. The number of amides is 1. The summed E-state index contributed by atoms with van der Waals surface area (Å²) in [5, 5.41) is 30.2. The molecule has 0 spiro atoms. The number of hydrogen-bond donors (Lipinski definition) is 4. The zero-order chi connectivity index (χ0) is 17.5. The predicted molar refractivity (Wildman–Crippen MR) is 88.5 cm³/mol. The Morgan fingerprint density at radius 2 is 1.75 bits per heavy atom. The van der Waals surface area contributed by atoms with E-state index in [2.05, 4.69) is 5.32 Å². The fraction of sp³-hybridized carbons (Fsp3) is 0.111. The summed E-state index contributed by atoms with van der Waals surface area (Å²) in [6, 6.07) is 11.3. The quantitative estimate of drug-likeness (QED) is 0.607. The Hall–Kier alpha value is -3.28. The monoisotopic (exact) mass is 327 g/mol. The van der Waals surface area contributed by atoms with Crippen LogP contribution in [0.25, 0.3) is 6.08 Å². The minimum Gasteiger partial charge on any atom is -0.508 e. The van der Waals surface area contributed by atoms with E-state index in [1.807, 2.05) is 0 Å². The van der Waals surface area contributed by atoms with Crippen molar-refractivity contribution in [2.45, 2.75) is 12.5 Å². The molecule has 1 atom stereocenters. The number of aliphatic carboxylic acids is 1. The number of carbonyl (C=O) groups is 2. The van der Waals surface area contributed by atoms with E-state index in [0.717, 1.165) is 0 Å². The number of benzene rings is 2. The summed E-state index contributed by atoms with van der Waals surface area (Å²) < 4.78 is 0. The second-order valence-corrected chi connectivity index (χ2v) is 5.20. The second-order valence-electron chi connectivity index (χ2n) is 5.20. The highest BCUT2D eigenvalue weighted by atomic mass is 16.4. The lowest BCUT2D eigenvalue weighted by atomic mass is 10.1. The van der Waals surface area contributed by atoms with E-state index in [4.69, 9.17) is 0 Å². The Balaban J connectivity index is 2.00. The summed E-state index contributed by atoms with van der Waals surface area (Å²) in [4.78, 5) is 23.2. The van der Waals surface area contributed by atoms with Gasteiger partial charge in [0.2, 0.25) is 5.91 Å². The number of carbonyl (C=O) groups excluding carboxylic acids is 1. The van der Waals surface area contributed by atoms with Gasteiger partial charge in [0, 0.05) is 12.5 Å². The molecule has 0 aliphatic rings. The molecule has 0 fully saturated rings. The molecule has 6 heteroatoms. The fourth-order valence-electron chi connectivity index (χ4n) is 2.09. The zero-order valence-electron chi connectivity index (χ0n) is 12.7. The summed E-state index contributed by atoms with van der Waals surface area (Å²) in [6.07, 6.45) is 2.79. The molecule has 1 unspecified atom stereocenters. The average molecular weight is 327 g/mol. The topological polar surface area (TPSA) is 107 Å². The van der Waals surface area contributed by atoms with Crippen molar-refractivity contribution in [3.8, 4) is 11.5 Å². The number of phenolic OH excluding ortho intramolecular Hbond substituents is 2. The SMILES string of the molecule is O=C(C=Cc1cccc(O)c1)NC(Cc1ccc(O)cc1)C(=O)O. The Kier molecular flexibility index (Phi) is 5.57. The first kappa shape index (κ1) is 17.1. The van der Waals surface area contributed by atoms with Crippen LogP contribution in [0.3, 0.4) is 0 Å². The predicted octanol–water partition coefficient (Wildman–Crippen LogP) is 1.92. The van der Waals surface area contributed by atoms with Crippen LogP contribution in [0.4, 0.5) is 0 Å². The number of rotatable bonds is 6. The minimum absolute atomic E-state index is 0.0771. The number of carboxylic acid groups (broad SMARTS) is 1. The molecule has 4 N–H and O–H groups in total. The van der Waals surface area contributed by atoms with Gasteiger partial charge in [-0.15, -0.1) is 0 Å². The summed E-state index contributed by atoms with van der Waals surface area (Å²) in [7, 11) is 0. The van der Waals surface area contributed by atoms with Crippen molar-refractivity contribution < 1.29 is 24.9 Å². The van der Waals surface area contributed by atoms with Gasteiger partial charge in [-0.2, -0.15) is 0 Å². The molecule has 0 radical (unpaired) electrons. The van der Waals surface area contributed by atoms with Crippen molar-refractivity contribution in [1.29, 1.82) is 0 Å². The molecule has 0 saturated carbocycles. The number of aromatic hydroxyl groups is 2. The van der Waals surface area contributed by atoms with Crippen LogP contribution in [0.2, 0.25) is 0 Å². The van der Waals surface area contributed by atoms with Crippen molar-refractivity contribution in [2.24, 2.45) is 0 Å². The molecule has 0 heterocycles. The third kappa shape index (κ3) is 5.17. The summed E-state index contributed by atoms with van der Waals surface area (Å²) in [5.74, 6) is -1.54. The first-order valence-electron chi connectivity index (χ1n) is 7.22. The number of carboxylic acids is 1. The Morgan fingerprint density at radius 1 is 1.04 bits per heavy atom. The molecule has 2 aromatic rings. The van der Waals surface area contributed by atoms with Crippen LogP contribution in [0.15, 0.2) is 54.6 Å². The molecule has 0 bridgehead atoms. The molecule has 0 aliphatic carbocycles. The maximum atomic E-state index is 11.9. The van der Waals surface area contributed by atoms with Gasteiger partial charge in [0.1, 0.15) is 17.5 Å². The van der Waals surface area contributed by atoms with Gasteiger partial charge in [-0.25, -0.2) is 4.79 Å². The van der Waals surface area contributed by atoms with Gasteiger partial charge in [0.25, 0.3) is 0 Å². The number of phenols is 2. The van der Waals surface area contributed by atoms with Crippen LogP contribution in [-0.4, -0.2) is 33.2 Å². The van der Waals surface area contributed by atoms with Gasteiger partial charge in [-0.05, 0) is 41.5 Å². The van der Waals surface area contributed by atoms with Gasteiger partial charge in [0.15, 0.2) is 0 Å². The van der Waals surface area contributed by atoms with Crippen molar-refractivity contribution >= 4 is 18.0 Å². The Labute approximate surface area is 138 Å². The van der Waals surface area contributed by atoms with Crippen LogP contribution in [0.1, 0.15) is 11.1 Å². The van der Waals surface area contributed by atoms with Crippen molar-refractivity contribution in [3.63, 3.8) is 0 Å². The van der Waals surface area contributed by atoms with Crippen LogP contribution in [0.5, 0.6) is 11.5 Å². The molecule has 2 rings (SSSR count). The maximum Gasteiger partial charge on any atom is 0.326 e. The summed E-state index contributed by atoms with van der Waals surface area (Å²) in [5.41, 5.74) is 1.30. The standard InChI is InChI=1S/C18H17NO5/c20-14-7-4-13(5-8-14)11-16(18(23)24)19-17(22)9-6-12-2-1-3-15(21)10-12/h1-10,16,20-21H,11H2,(H,19,22)(H,23,24). The lowest BCUT2D eigenvalue weighted by Gasteiger charge is -2.13. The van der Waals surface area contributed by atoms with Crippen LogP contribution in [-0.2, 0) is 16.0 Å². The van der Waals surface area contributed by atoms with Gasteiger partial charge in [-0.1, -0.05) is 24.3 Å². The van der Waals surface area contributed by atoms with E-state index in [0.29, 0.717) is 11.1 Å². The van der Waals surface area contributed by atoms with E-state index in [9.17, 15) is 24.9 Å². The summed E-state index contributed by atoms with van der Waals surface area (Å²) in [6.45, 7) is 0. The molecular weight excluding hydrogens is 310 g/mol. The van der Waals surface area contributed by atoms with Crippen molar-refractivity contribution in [2.75, 3.05) is 0 Å². The highest BCUT2D eigenvalue weighted by Gasteiger charge is 2.19. The molecule has 0 aromatic heterocycles. The van der Waals surface area contributed by atoms with E-state index in [1.54, 1.807) is 24.3 Å². The van der Waals surface area contributed by atoms with Gasteiger partial charge in [-0.3, -0.25) is 4.79 Å². The molecule has 124 valence electrons. The zero-order valence-corrected chi connectivity index (χ0v) is 12.7. The third-order valence-electron chi connectivity index (χ3n) is 3.29. The van der Waals surface area contributed by atoms with E-state index in [-0.39, 0.29) is 17.9 Å². The van der Waals surface area contributed by atoms with Gasteiger partial charge < -0.3 is 20.6 Å². The maximum absolute atomic E-state index is 11.9. The lowest BCUT2D eigenvalue weighted by molar-refractivity contribution is -0.141. The highest BCUT2D eigenvalue weighted by molar-refractivity contribution is 5.94. The minimum atomic E-state index is -1.15. The molecule has 24 heavy (non-hydrogen) atoms. The molecule has 1 amide bonds. The number of nitrogens with one attached hydrogen (secondary N) is 1. The van der Waals surface area contributed by atoms with Gasteiger partial charge in [0.05, 0.1) is 0 Å². The molecule has 0 aliphatic heterocycles. The van der Waals surface area contributed by atoms with Crippen LogP contribution >= 0.6 is 0 Å². The normalized spacial score (nSPS) is 12.0. The summed E-state index contributed by atoms with van der Waals surface area (Å²) >= 11 is 0. The molecule has 6 nitrogen and oxygen atoms in total. The van der Waals surface area contributed by atoms with E-state index >= 15 is 0 Å². The lowest BCUT2D eigenvalue weighted by Crippen LogP contribution is -2.41. The average Bonchev–Trinajstić information content (AvgIpc) is 2.54. The highest BCUT2D eigenvalue weighted by Crippen LogP contribution is 2.13. The Morgan fingerprint density at radius 3 is 2.38 bits per heavy atom. The van der Waals surface area contributed by atoms with Gasteiger partial charge >= 0.3 is 5.97 Å².